The molecule has 0 aliphatic heterocycles. The van der Waals surface area contributed by atoms with E-state index in [0.29, 0.717) is 16.2 Å². The minimum absolute atomic E-state index is 0.175. The highest BCUT2D eigenvalue weighted by atomic mass is 32.1. The number of thiazole rings is 1. The third-order valence-corrected chi connectivity index (χ3v) is 4.04. The van der Waals surface area contributed by atoms with E-state index in [-0.39, 0.29) is 22.9 Å². The second-order valence-electron chi connectivity index (χ2n) is 4.81. The summed E-state index contributed by atoms with van der Waals surface area (Å²) in [6.07, 6.45) is -4.25. The SMILES string of the molecule is O=c1[nH]c(O)c(Cc2ccc(-c3cccc(C(F)(F)F)c3)o2)s1. The van der Waals surface area contributed by atoms with Gasteiger partial charge in [0.15, 0.2) is 0 Å². The van der Waals surface area contributed by atoms with Crippen molar-refractivity contribution in [2.45, 2.75) is 12.6 Å². The van der Waals surface area contributed by atoms with E-state index in [1.165, 1.54) is 12.1 Å². The minimum Gasteiger partial charge on any atom is -0.494 e. The van der Waals surface area contributed by atoms with Crippen LogP contribution in [0.1, 0.15) is 16.2 Å². The van der Waals surface area contributed by atoms with Crippen LogP contribution < -0.4 is 4.87 Å². The molecular weight excluding hydrogens is 331 g/mol. The second kappa shape index (κ2) is 5.62. The lowest BCUT2D eigenvalue weighted by atomic mass is 10.1. The lowest BCUT2D eigenvalue weighted by molar-refractivity contribution is -0.137. The van der Waals surface area contributed by atoms with Crippen molar-refractivity contribution in [3.8, 4) is 17.2 Å². The molecule has 0 atom stereocenters. The molecule has 0 unspecified atom stereocenters. The molecule has 2 N–H and O–H groups in total. The highest BCUT2D eigenvalue weighted by molar-refractivity contribution is 7.09. The largest absolute Gasteiger partial charge is 0.494 e. The van der Waals surface area contributed by atoms with E-state index in [1.807, 2.05) is 0 Å². The highest BCUT2D eigenvalue weighted by Crippen LogP contribution is 2.33. The molecule has 120 valence electrons. The number of nitrogens with one attached hydrogen (secondary N) is 1. The maximum atomic E-state index is 12.7. The first-order valence-corrected chi connectivity index (χ1v) is 7.32. The van der Waals surface area contributed by atoms with Crippen LogP contribution in [0.4, 0.5) is 13.2 Å². The van der Waals surface area contributed by atoms with Gasteiger partial charge in [-0.15, -0.1) is 0 Å². The van der Waals surface area contributed by atoms with Gasteiger partial charge in [-0.2, -0.15) is 13.2 Å². The van der Waals surface area contributed by atoms with Gasteiger partial charge in [-0.3, -0.25) is 9.78 Å². The molecule has 2 aromatic heterocycles. The van der Waals surface area contributed by atoms with Crippen molar-refractivity contribution < 1.29 is 22.7 Å². The summed E-state index contributed by atoms with van der Waals surface area (Å²) in [7, 11) is 0. The topological polar surface area (TPSA) is 66.2 Å². The minimum atomic E-state index is -4.42. The van der Waals surface area contributed by atoms with Gasteiger partial charge < -0.3 is 9.52 Å². The van der Waals surface area contributed by atoms with Crippen molar-refractivity contribution in [2.75, 3.05) is 0 Å². The molecule has 3 aromatic rings. The Morgan fingerprint density at radius 2 is 2.00 bits per heavy atom. The van der Waals surface area contributed by atoms with E-state index < -0.39 is 11.7 Å². The van der Waals surface area contributed by atoms with Gasteiger partial charge in [-0.05, 0) is 24.3 Å². The summed E-state index contributed by atoms with van der Waals surface area (Å²) >= 11 is 0.850. The fourth-order valence-electron chi connectivity index (χ4n) is 2.11. The molecule has 0 aliphatic rings. The van der Waals surface area contributed by atoms with Gasteiger partial charge in [0.25, 0.3) is 0 Å². The molecule has 0 saturated heterocycles. The maximum Gasteiger partial charge on any atom is 0.416 e. The fraction of sp³-hybridized carbons (Fsp3) is 0.133. The van der Waals surface area contributed by atoms with Crippen LogP contribution in [0.15, 0.2) is 45.6 Å². The molecule has 1 aromatic carbocycles. The number of furan rings is 1. The summed E-state index contributed by atoms with van der Waals surface area (Å²) in [6, 6.07) is 7.97. The van der Waals surface area contributed by atoms with Crippen molar-refractivity contribution in [3.05, 3.63) is 62.3 Å². The predicted octanol–water partition coefficient (Wildman–Crippen LogP) is 4.01. The van der Waals surface area contributed by atoms with E-state index in [9.17, 15) is 23.1 Å². The van der Waals surface area contributed by atoms with Gasteiger partial charge in [-0.25, -0.2) is 0 Å². The molecule has 0 bridgehead atoms. The Kier molecular flexibility index (Phi) is 3.77. The van der Waals surface area contributed by atoms with E-state index in [1.54, 1.807) is 12.1 Å². The van der Waals surface area contributed by atoms with Gasteiger partial charge >= 0.3 is 11.0 Å². The Morgan fingerprint density at radius 3 is 2.65 bits per heavy atom. The first-order chi connectivity index (χ1) is 10.8. The van der Waals surface area contributed by atoms with E-state index in [0.717, 1.165) is 23.5 Å². The number of benzene rings is 1. The van der Waals surface area contributed by atoms with Crippen molar-refractivity contribution in [3.63, 3.8) is 0 Å². The number of halogens is 3. The van der Waals surface area contributed by atoms with Crippen LogP contribution in [0.3, 0.4) is 0 Å². The van der Waals surface area contributed by atoms with Crippen LogP contribution in [0, 0.1) is 0 Å². The zero-order chi connectivity index (χ0) is 16.6. The third-order valence-electron chi connectivity index (χ3n) is 3.17. The zero-order valence-corrected chi connectivity index (χ0v) is 12.3. The third kappa shape index (κ3) is 3.31. The van der Waals surface area contributed by atoms with Crippen molar-refractivity contribution >= 4 is 11.3 Å². The standard InChI is InChI=1S/C15H10F3NO3S/c16-15(17,18)9-3-1-2-8(6-9)11-5-4-10(22-11)7-12-13(20)19-14(21)23-12/h1-6,20H,7H2,(H,19,21). The summed E-state index contributed by atoms with van der Waals surface area (Å²) in [6.45, 7) is 0. The van der Waals surface area contributed by atoms with Crippen LogP contribution >= 0.6 is 11.3 Å². The zero-order valence-electron chi connectivity index (χ0n) is 11.5. The maximum absolute atomic E-state index is 12.7. The van der Waals surface area contributed by atoms with E-state index in [2.05, 4.69) is 4.98 Å². The van der Waals surface area contributed by atoms with Crippen molar-refractivity contribution in [1.82, 2.24) is 4.98 Å². The van der Waals surface area contributed by atoms with Crippen LogP contribution in [0.5, 0.6) is 5.88 Å². The Labute approximate surface area is 131 Å². The Hall–Kier alpha value is -2.48. The fourth-order valence-corrected chi connectivity index (χ4v) is 2.84. The molecule has 0 amide bonds. The number of aromatic amines is 1. The van der Waals surface area contributed by atoms with Crippen LogP contribution in [-0.2, 0) is 12.6 Å². The Morgan fingerprint density at radius 1 is 1.22 bits per heavy atom. The molecule has 3 rings (SSSR count). The normalized spacial score (nSPS) is 11.8. The molecular formula is C15H10F3NO3S. The molecule has 0 radical (unpaired) electrons. The number of alkyl halides is 3. The average Bonchev–Trinajstić information content (AvgIpc) is 3.06. The van der Waals surface area contributed by atoms with Crippen molar-refractivity contribution in [2.24, 2.45) is 0 Å². The first-order valence-electron chi connectivity index (χ1n) is 6.50. The smallest absolute Gasteiger partial charge is 0.416 e. The van der Waals surface area contributed by atoms with Gasteiger partial charge in [0.1, 0.15) is 11.5 Å². The van der Waals surface area contributed by atoms with Crippen LogP contribution in [-0.4, -0.2) is 10.1 Å². The molecule has 0 spiro atoms. The molecule has 0 aliphatic carbocycles. The van der Waals surface area contributed by atoms with Gasteiger partial charge in [0.05, 0.1) is 10.4 Å². The monoisotopic (exact) mass is 341 g/mol. The number of hydrogen-bond acceptors (Lipinski definition) is 4. The van der Waals surface area contributed by atoms with Crippen LogP contribution in [0.2, 0.25) is 0 Å². The van der Waals surface area contributed by atoms with Crippen molar-refractivity contribution in [1.29, 1.82) is 0 Å². The molecule has 8 heteroatoms. The average molecular weight is 341 g/mol. The second-order valence-corrected chi connectivity index (χ2v) is 5.88. The lowest BCUT2D eigenvalue weighted by Gasteiger charge is -2.07. The van der Waals surface area contributed by atoms with Gasteiger partial charge in [-0.1, -0.05) is 23.5 Å². The summed E-state index contributed by atoms with van der Waals surface area (Å²) in [4.78, 5) is 13.4. The molecule has 2 heterocycles. The number of rotatable bonds is 3. The number of aromatic hydroxyl groups is 1. The molecule has 23 heavy (non-hydrogen) atoms. The van der Waals surface area contributed by atoms with E-state index >= 15 is 0 Å². The highest BCUT2D eigenvalue weighted by Gasteiger charge is 2.30. The number of aromatic nitrogens is 1. The summed E-state index contributed by atoms with van der Waals surface area (Å²) < 4.78 is 43.7. The number of hydrogen-bond donors (Lipinski definition) is 2. The predicted molar refractivity (Wildman–Crippen MR) is 78.6 cm³/mol. The van der Waals surface area contributed by atoms with Crippen LogP contribution in [0.25, 0.3) is 11.3 Å². The summed E-state index contributed by atoms with van der Waals surface area (Å²) in [5, 5.41) is 9.53. The van der Waals surface area contributed by atoms with Gasteiger partial charge in [0, 0.05) is 12.0 Å². The number of H-pyrrole nitrogens is 1. The van der Waals surface area contributed by atoms with E-state index in [4.69, 9.17) is 4.42 Å². The quantitative estimate of drug-likeness (QED) is 0.756. The Bertz CT molecular complexity index is 892. The first kappa shape index (κ1) is 15.4. The summed E-state index contributed by atoms with van der Waals surface area (Å²) in [5.74, 6) is 0.494. The summed E-state index contributed by atoms with van der Waals surface area (Å²) in [5.41, 5.74) is -0.452. The molecule has 0 saturated carbocycles. The molecule has 0 fully saturated rings. The lowest BCUT2D eigenvalue weighted by Crippen LogP contribution is -2.04. The Balaban J connectivity index is 1.87. The van der Waals surface area contributed by atoms with Gasteiger partial charge in [0.2, 0.25) is 5.88 Å². The molecule has 4 nitrogen and oxygen atoms in total.